The van der Waals surface area contributed by atoms with Crippen molar-refractivity contribution in [3.8, 4) is 11.4 Å². The molecule has 0 unspecified atom stereocenters. The van der Waals surface area contributed by atoms with Crippen molar-refractivity contribution in [2.75, 3.05) is 44.2 Å². The monoisotopic (exact) mass is 445 g/mol. The van der Waals surface area contributed by atoms with Crippen molar-refractivity contribution in [3.63, 3.8) is 0 Å². The fraction of sp³-hybridized carbons (Fsp3) is 0.423. The van der Waals surface area contributed by atoms with E-state index in [-0.39, 0.29) is 5.92 Å². The van der Waals surface area contributed by atoms with Gasteiger partial charge in [0.1, 0.15) is 0 Å². The molecule has 2 aliphatic heterocycles. The molecular formula is C26H31N5O2. The van der Waals surface area contributed by atoms with E-state index in [0.717, 1.165) is 63.2 Å². The number of piperidine rings is 1. The smallest absolute Gasteiger partial charge is 0.241 e. The van der Waals surface area contributed by atoms with E-state index in [4.69, 9.17) is 4.52 Å². The Hall–Kier alpha value is -3.19. The van der Waals surface area contributed by atoms with E-state index in [1.807, 2.05) is 24.3 Å². The summed E-state index contributed by atoms with van der Waals surface area (Å²) >= 11 is 0. The van der Waals surface area contributed by atoms with Gasteiger partial charge in [-0.05, 0) is 50.6 Å². The third-order valence-electron chi connectivity index (χ3n) is 6.86. The minimum absolute atomic E-state index is 0.120. The van der Waals surface area contributed by atoms with Crippen LogP contribution in [-0.2, 0) is 11.3 Å². The Bertz CT molecular complexity index is 1070. The first-order valence-electron chi connectivity index (χ1n) is 11.9. The molecule has 0 saturated carbocycles. The maximum absolute atomic E-state index is 13.1. The number of hydrogen-bond donors (Lipinski definition) is 0. The van der Waals surface area contributed by atoms with Gasteiger partial charge in [-0.1, -0.05) is 47.6 Å². The Morgan fingerprint density at radius 3 is 2.36 bits per heavy atom. The predicted molar refractivity (Wildman–Crippen MR) is 128 cm³/mol. The molecule has 172 valence electrons. The number of aryl methyl sites for hydroxylation is 1. The Labute approximate surface area is 195 Å². The lowest BCUT2D eigenvalue weighted by Gasteiger charge is -2.39. The fourth-order valence-electron chi connectivity index (χ4n) is 4.86. The highest BCUT2D eigenvalue weighted by Gasteiger charge is 2.31. The number of benzene rings is 2. The molecule has 7 heteroatoms. The topological polar surface area (TPSA) is 65.7 Å². The molecule has 7 nitrogen and oxygen atoms in total. The van der Waals surface area contributed by atoms with Gasteiger partial charge in [0.15, 0.2) is 0 Å². The van der Waals surface area contributed by atoms with Gasteiger partial charge in [0.25, 0.3) is 0 Å². The predicted octanol–water partition coefficient (Wildman–Crippen LogP) is 3.61. The van der Waals surface area contributed by atoms with Gasteiger partial charge in [0.2, 0.25) is 17.6 Å². The summed E-state index contributed by atoms with van der Waals surface area (Å²) in [5.74, 6) is 1.72. The molecule has 3 aromatic rings. The molecule has 2 aliphatic rings. The SMILES string of the molecule is Cc1ccccc1-c1noc(CN2CCC(C(=O)N3CCN(c4ccccc4)CC3)CC2)n1. The van der Waals surface area contributed by atoms with Gasteiger partial charge < -0.3 is 14.3 Å². The number of carbonyl (C=O) groups excluding carboxylic acids is 1. The minimum atomic E-state index is 0.120. The molecule has 0 radical (unpaired) electrons. The van der Waals surface area contributed by atoms with Crippen LogP contribution in [0.5, 0.6) is 0 Å². The van der Waals surface area contributed by atoms with E-state index < -0.39 is 0 Å². The van der Waals surface area contributed by atoms with Gasteiger partial charge in [-0.25, -0.2) is 0 Å². The van der Waals surface area contributed by atoms with Crippen molar-refractivity contribution in [1.29, 1.82) is 0 Å². The van der Waals surface area contributed by atoms with Crippen LogP contribution in [0.1, 0.15) is 24.3 Å². The Balaban J connectivity index is 1.10. The maximum atomic E-state index is 13.1. The van der Waals surface area contributed by atoms with Crippen LogP contribution in [-0.4, -0.2) is 65.1 Å². The number of piperazine rings is 1. The summed E-state index contributed by atoms with van der Waals surface area (Å²) in [6.07, 6.45) is 1.77. The van der Waals surface area contributed by atoms with E-state index in [0.29, 0.717) is 24.2 Å². The first kappa shape index (κ1) is 21.6. The van der Waals surface area contributed by atoms with Gasteiger partial charge in [-0.2, -0.15) is 4.98 Å². The lowest BCUT2D eigenvalue weighted by atomic mass is 9.95. The van der Waals surface area contributed by atoms with Gasteiger partial charge in [-0.15, -0.1) is 0 Å². The number of carbonyl (C=O) groups is 1. The average Bonchev–Trinajstić information content (AvgIpc) is 3.33. The van der Waals surface area contributed by atoms with E-state index in [9.17, 15) is 4.79 Å². The third-order valence-corrected chi connectivity index (χ3v) is 6.86. The van der Waals surface area contributed by atoms with E-state index in [1.54, 1.807) is 0 Å². The summed E-state index contributed by atoms with van der Waals surface area (Å²) in [5, 5.41) is 4.17. The molecule has 2 saturated heterocycles. The molecular weight excluding hydrogens is 414 g/mol. The highest BCUT2D eigenvalue weighted by molar-refractivity contribution is 5.79. The molecule has 0 atom stereocenters. The largest absolute Gasteiger partial charge is 0.368 e. The molecule has 1 amide bonds. The van der Waals surface area contributed by atoms with Crippen LogP contribution >= 0.6 is 0 Å². The maximum Gasteiger partial charge on any atom is 0.241 e. The van der Waals surface area contributed by atoms with Crippen LogP contribution < -0.4 is 4.90 Å². The first-order valence-corrected chi connectivity index (χ1v) is 11.9. The summed E-state index contributed by atoms with van der Waals surface area (Å²) in [4.78, 5) is 24.4. The van der Waals surface area contributed by atoms with Gasteiger partial charge >= 0.3 is 0 Å². The first-order chi connectivity index (χ1) is 16.2. The summed E-state index contributed by atoms with van der Waals surface area (Å²) in [6, 6.07) is 18.5. The molecule has 2 aromatic carbocycles. The van der Waals surface area contributed by atoms with Gasteiger partial charge in [-0.3, -0.25) is 9.69 Å². The Kier molecular flexibility index (Phi) is 6.39. The molecule has 33 heavy (non-hydrogen) atoms. The third kappa shape index (κ3) is 4.93. The summed E-state index contributed by atoms with van der Waals surface area (Å²) in [6.45, 7) is 7.84. The van der Waals surface area contributed by atoms with Crippen LogP contribution in [0.15, 0.2) is 59.1 Å². The number of likely N-dealkylation sites (tertiary alicyclic amines) is 1. The lowest BCUT2D eigenvalue weighted by Crippen LogP contribution is -2.51. The number of amides is 1. The average molecular weight is 446 g/mol. The normalized spacial score (nSPS) is 18.0. The van der Waals surface area contributed by atoms with Gasteiger partial charge in [0, 0.05) is 43.3 Å². The molecule has 0 N–H and O–H groups in total. The molecule has 5 rings (SSSR count). The molecule has 3 heterocycles. The zero-order valence-electron chi connectivity index (χ0n) is 19.2. The van der Waals surface area contributed by atoms with Crippen molar-refractivity contribution in [2.45, 2.75) is 26.3 Å². The molecule has 2 fully saturated rings. The zero-order chi connectivity index (χ0) is 22.6. The van der Waals surface area contributed by atoms with E-state index in [2.05, 4.69) is 62.1 Å². The van der Waals surface area contributed by atoms with Crippen LogP contribution in [0, 0.1) is 12.8 Å². The number of nitrogens with zero attached hydrogens (tertiary/aromatic N) is 5. The lowest BCUT2D eigenvalue weighted by molar-refractivity contribution is -0.137. The van der Waals surface area contributed by atoms with Crippen molar-refractivity contribution in [2.24, 2.45) is 5.92 Å². The Morgan fingerprint density at radius 1 is 0.939 bits per heavy atom. The molecule has 1 aromatic heterocycles. The van der Waals surface area contributed by atoms with Crippen LogP contribution in [0.2, 0.25) is 0 Å². The quantitative estimate of drug-likeness (QED) is 0.598. The van der Waals surface area contributed by atoms with Crippen LogP contribution in [0.4, 0.5) is 5.69 Å². The van der Waals surface area contributed by atoms with E-state index in [1.165, 1.54) is 5.69 Å². The zero-order valence-corrected chi connectivity index (χ0v) is 19.2. The van der Waals surface area contributed by atoms with Crippen molar-refractivity contribution in [3.05, 3.63) is 66.1 Å². The van der Waals surface area contributed by atoms with Crippen molar-refractivity contribution >= 4 is 11.6 Å². The molecule has 0 bridgehead atoms. The standard InChI is InChI=1S/C26H31N5O2/c1-20-7-5-6-10-23(20)25-27-24(33-28-25)19-29-13-11-21(12-14-29)26(32)31-17-15-30(16-18-31)22-8-3-2-4-9-22/h2-10,21H,11-19H2,1H3. The van der Waals surface area contributed by atoms with E-state index >= 15 is 0 Å². The minimum Gasteiger partial charge on any atom is -0.368 e. The summed E-state index contributed by atoms with van der Waals surface area (Å²) in [7, 11) is 0. The summed E-state index contributed by atoms with van der Waals surface area (Å²) < 4.78 is 5.51. The number of aromatic nitrogens is 2. The highest BCUT2D eigenvalue weighted by atomic mass is 16.5. The molecule has 0 spiro atoms. The van der Waals surface area contributed by atoms with Crippen molar-refractivity contribution in [1.82, 2.24) is 19.9 Å². The number of anilines is 1. The second kappa shape index (κ2) is 9.75. The highest BCUT2D eigenvalue weighted by Crippen LogP contribution is 2.24. The number of para-hydroxylation sites is 1. The van der Waals surface area contributed by atoms with Crippen LogP contribution in [0.3, 0.4) is 0 Å². The second-order valence-corrected chi connectivity index (χ2v) is 9.02. The Morgan fingerprint density at radius 2 is 1.64 bits per heavy atom. The number of rotatable bonds is 5. The van der Waals surface area contributed by atoms with Gasteiger partial charge in [0.05, 0.1) is 6.54 Å². The summed E-state index contributed by atoms with van der Waals surface area (Å²) in [5.41, 5.74) is 3.38. The fourth-order valence-corrected chi connectivity index (χ4v) is 4.86. The second-order valence-electron chi connectivity index (χ2n) is 9.02. The number of hydrogen-bond acceptors (Lipinski definition) is 6. The van der Waals surface area contributed by atoms with Crippen molar-refractivity contribution < 1.29 is 9.32 Å². The molecule has 0 aliphatic carbocycles. The van der Waals surface area contributed by atoms with Crippen LogP contribution in [0.25, 0.3) is 11.4 Å².